The van der Waals surface area contributed by atoms with Crippen LogP contribution in [0.25, 0.3) is 11.0 Å². The minimum atomic E-state index is -0.243. The Morgan fingerprint density at radius 1 is 1.26 bits per heavy atom. The van der Waals surface area contributed by atoms with E-state index in [2.05, 4.69) is 29.5 Å². The molecule has 3 rings (SSSR count). The zero-order valence-corrected chi connectivity index (χ0v) is 11.7. The summed E-state index contributed by atoms with van der Waals surface area (Å²) >= 11 is 0. The molecule has 0 aliphatic heterocycles. The van der Waals surface area contributed by atoms with Gasteiger partial charge in [-0.15, -0.1) is 0 Å². The van der Waals surface area contributed by atoms with Crippen LogP contribution in [0.5, 0.6) is 0 Å². The summed E-state index contributed by atoms with van der Waals surface area (Å²) in [7, 11) is 0. The van der Waals surface area contributed by atoms with Gasteiger partial charge >= 0.3 is 0 Å². The molecule has 1 aromatic heterocycles. The first-order chi connectivity index (χ1) is 9.16. The van der Waals surface area contributed by atoms with Crippen LogP contribution in [0.15, 0.2) is 30.6 Å². The lowest BCUT2D eigenvalue weighted by atomic mass is 9.78. The summed E-state index contributed by atoms with van der Waals surface area (Å²) in [5, 5.41) is 10.4. The van der Waals surface area contributed by atoms with Gasteiger partial charge in [0.25, 0.3) is 0 Å². The van der Waals surface area contributed by atoms with E-state index in [4.69, 9.17) is 0 Å². The van der Waals surface area contributed by atoms with Crippen LogP contribution < -0.4 is 0 Å². The second-order valence-electron chi connectivity index (χ2n) is 6.09. The molecule has 1 heterocycles. The van der Waals surface area contributed by atoms with Crippen LogP contribution in [0.1, 0.15) is 39.2 Å². The molecule has 102 valence electrons. The van der Waals surface area contributed by atoms with E-state index in [0.29, 0.717) is 11.8 Å². The molecule has 3 heteroatoms. The topological polar surface area (TPSA) is 38.0 Å². The maximum absolute atomic E-state index is 10.4. The standard InChI is InChI=1S/C16H22N2O/c1-11(2)12-7-8-16(19)15(9-12)18-10-17-13-5-3-4-6-14(13)18/h3-6,10-12,15-16,19H,7-9H2,1-2H3. The van der Waals surface area contributed by atoms with E-state index in [1.54, 1.807) is 0 Å². The molecular formula is C16H22N2O. The lowest BCUT2D eigenvalue weighted by Crippen LogP contribution is -2.32. The van der Waals surface area contributed by atoms with Crippen molar-refractivity contribution in [3.63, 3.8) is 0 Å². The average Bonchev–Trinajstić information content (AvgIpc) is 2.83. The van der Waals surface area contributed by atoms with Gasteiger partial charge in [0.15, 0.2) is 0 Å². The fourth-order valence-electron chi connectivity index (χ4n) is 3.31. The third-order valence-corrected chi connectivity index (χ3v) is 4.60. The molecule has 3 atom stereocenters. The molecule has 2 aromatic rings. The van der Waals surface area contributed by atoms with Crippen molar-refractivity contribution in [1.82, 2.24) is 9.55 Å². The van der Waals surface area contributed by atoms with Gasteiger partial charge in [-0.05, 0) is 43.2 Å². The predicted molar refractivity (Wildman–Crippen MR) is 77.0 cm³/mol. The van der Waals surface area contributed by atoms with Crippen molar-refractivity contribution in [2.75, 3.05) is 0 Å². The van der Waals surface area contributed by atoms with Crippen LogP contribution in [0.2, 0.25) is 0 Å². The van der Waals surface area contributed by atoms with Gasteiger partial charge in [-0.3, -0.25) is 0 Å². The third kappa shape index (κ3) is 2.27. The molecular weight excluding hydrogens is 236 g/mol. The summed E-state index contributed by atoms with van der Waals surface area (Å²) in [4.78, 5) is 4.45. The van der Waals surface area contributed by atoms with Crippen molar-refractivity contribution in [1.29, 1.82) is 0 Å². The third-order valence-electron chi connectivity index (χ3n) is 4.60. The molecule has 1 saturated carbocycles. The van der Waals surface area contributed by atoms with Gasteiger partial charge in [0, 0.05) is 0 Å². The SMILES string of the molecule is CC(C)C1CCC(O)C(n2cnc3ccccc32)C1. The number of aliphatic hydroxyl groups is 1. The Morgan fingerprint density at radius 3 is 2.84 bits per heavy atom. The molecule has 1 aliphatic carbocycles. The van der Waals surface area contributed by atoms with Gasteiger partial charge in [0.2, 0.25) is 0 Å². The van der Waals surface area contributed by atoms with Crippen molar-refractivity contribution in [3.05, 3.63) is 30.6 Å². The van der Waals surface area contributed by atoms with Crippen molar-refractivity contribution in [3.8, 4) is 0 Å². The molecule has 0 saturated heterocycles. The summed E-state index contributed by atoms with van der Waals surface area (Å²) in [6.45, 7) is 4.57. The van der Waals surface area contributed by atoms with Crippen molar-refractivity contribution >= 4 is 11.0 Å². The molecule has 0 bridgehead atoms. The van der Waals surface area contributed by atoms with Gasteiger partial charge in [0.05, 0.1) is 29.5 Å². The Balaban J connectivity index is 1.95. The van der Waals surface area contributed by atoms with Gasteiger partial charge in [0.1, 0.15) is 0 Å². The monoisotopic (exact) mass is 258 g/mol. The number of benzene rings is 1. The Bertz CT molecular complexity index is 561. The Kier molecular flexibility index (Phi) is 3.31. The van der Waals surface area contributed by atoms with Crippen LogP contribution in [-0.2, 0) is 0 Å². The minimum Gasteiger partial charge on any atom is -0.391 e. The number of rotatable bonds is 2. The number of para-hydroxylation sites is 2. The number of aromatic nitrogens is 2. The van der Waals surface area contributed by atoms with E-state index in [1.807, 2.05) is 24.5 Å². The quantitative estimate of drug-likeness (QED) is 0.896. The van der Waals surface area contributed by atoms with Crippen molar-refractivity contribution < 1.29 is 5.11 Å². The smallest absolute Gasteiger partial charge is 0.0961 e. The maximum atomic E-state index is 10.4. The average molecular weight is 258 g/mol. The van der Waals surface area contributed by atoms with Gasteiger partial charge in [-0.2, -0.15) is 0 Å². The van der Waals surface area contributed by atoms with Gasteiger partial charge < -0.3 is 9.67 Å². The summed E-state index contributed by atoms with van der Waals surface area (Å²) in [6.07, 6.45) is 4.75. The first kappa shape index (κ1) is 12.7. The molecule has 3 unspecified atom stereocenters. The molecule has 3 nitrogen and oxygen atoms in total. The Morgan fingerprint density at radius 2 is 2.05 bits per heavy atom. The van der Waals surface area contributed by atoms with Gasteiger partial charge in [-0.25, -0.2) is 4.98 Å². The second-order valence-corrected chi connectivity index (χ2v) is 6.09. The molecule has 0 spiro atoms. The number of nitrogens with zero attached hydrogens (tertiary/aromatic N) is 2. The Labute approximate surface area is 114 Å². The molecule has 0 amide bonds. The highest BCUT2D eigenvalue weighted by Gasteiger charge is 2.32. The highest BCUT2D eigenvalue weighted by molar-refractivity contribution is 5.75. The second kappa shape index (κ2) is 4.97. The first-order valence-electron chi connectivity index (χ1n) is 7.26. The van der Waals surface area contributed by atoms with Crippen LogP contribution in [0, 0.1) is 11.8 Å². The van der Waals surface area contributed by atoms with Crippen molar-refractivity contribution in [2.24, 2.45) is 11.8 Å². The Hall–Kier alpha value is -1.35. The van der Waals surface area contributed by atoms with Crippen LogP contribution in [0.3, 0.4) is 0 Å². The summed E-state index contributed by atoms with van der Waals surface area (Å²) in [5.41, 5.74) is 2.15. The fourth-order valence-corrected chi connectivity index (χ4v) is 3.31. The fraction of sp³-hybridized carbons (Fsp3) is 0.562. The van der Waals surface area contributed by atoms with E-state index >= 15 is 0 Å². The number of imidazole rings is 1. The van der Waals surface area contributed by atoms with Crippen LogP contribution >= 0.6 is 0 Å². The van der Waals surface area contributed by atoms with E-state index in [-0.39, 0.29) is 12.1 Å². The number of fused-ring (bicyclic) bond motifs is 1. The number of hydrogen-bond acceptors (Lipinski definition) is 2. The zero-order valence-electron chi connectivity index (χ0n) is 11.7. The molecule has 1 fully saturated rings. The molecule has 1 aromatic carbocycles. The number of hydrogen-bond donors (Lipinski definition) is 1. The lowest BCUT2D eigenvalue weighted by molar-refractivity contribution is 0.0454. The predicted octanol–water partition coefficient (Wildman–Crippen LogP) is 3.39. The summed E-state index contributed by atoms with van der Waals surface area (Å²) in [6, 6.07) is 8.34. The minimum absolute atomic E-state index is 0.175. The van der Waals surface area contributed by atoms with E-state index in [9.17, 15) is 5.11 Å². The summed E-state index contributed by atoms with van der Waals surface area (Å²) < 4.78 is 2.18. The largest absolute Gasteiger partial charge is 0.391 e. The zero-order chi connectivity index (χ0) is 13.4. The van der Waals surface area contributed by atoms with E-state index in [1.165, 1.54) is 0 Å². The van der Waals surface area contributed by atoms with E-state index < -0.39 is 0 Å². The van der Waals surface area contributed by atoms with Crippen LogP contribution in [0.4, 0.5) is 0 Å². The maximum Gasteiger partial charge on any atom is 0.0961 e. The molecule has 19 heavy (non-hydrogen) atoms. The van der Waals surface area contributed by atoms with Gasteiger partial charge in [-0.1, -0.05) is 26.0 Å². The van der Waals surface area contributed by atoms with Crippen LogP contribution in [-0.4, -0.2) is 20.8 Å². The lowest BCUT2D eigenvalue weighted by Gasteiger charge is -2.36. The van der Waals surface area contributed by atoms with Crippen molar-refractivity contribution in [2.45, 2.75) is 45.3 Å². The highest BCUT2D eigenvalue weighted by atomic mass is 16.3. The molecule has 0 radical (unpaired) electrons. The first-order valence-corrected chi connectivity index (χ1v) is 7.26. The molecule has 1 aliphatic rings. The highest BCUT2D eigenvalue weighted by Crippen LogP contribution is 2.37. The summed E-state index contributed by atoms with van der Waals surface area (Å²) in [5.74, 6) is 1.39. The number of aliphatic hydroxyl groups excluding tert-OH is 1. The molecule has 1 N–H and O–H groups in total. The normalized spacial score (nSPS) is 28.1. The van der Waals surface area contributed by atoms with E-state index in [0.717, 1.165) is 30.3 Å².